The Labute approximate surface area is 152 Å². The van der Waals surface area contributed by atoms with E-state index < -0.39 is 0 Å². The van der Waals surface area contributed by atoms with E-state index in [1.54, 1.807) is 4.90 Å². The molecule has 2 aromatic heterocycles. The first kappa shape index (κ1) is 16.0. The summed E-state index contributed by atoms with van der Waals surface area (Å²) in [6.07, 6.45) is 2.35. The van der Waals surface area contributed by atoms with Crippen molar-refractivity contribution in [1.82, 2.24) is 20.6 Å². The topological polar surface area (TPSA) is 111 Å². The van der Waals surface area contributed by atoms with Crippen molar-refractivity contribution < 1.29 is 4.79 Å². The van der Waals surface area contributed by atoms with Crippen molar-refractivity contribution in [1.29, 1.82) is 5.26 Å². The quantitative estimate of drug-likeness (QED) is 0.689. The first-order valence-corrected chi connectivity index (χ1v) is 8.73. The lowest BCUT2D eigenvalue weighted by atomic mass is 10.1. The van der Waals surface area contributed by atoms with Crippen LogP contribution in [0.3, 0.4) is 0 Å². The highest BCUT2D eigenvalue weighted by Gasteiger charge is 2.26. The summed E-state index contributed by atoms with van der Waals surface area (Å²) in [5.41, 5.74) is 3.04. The maximum absolute atomic E-state index is 12.7. The molecule has 8 nitrogen and oxygen atoms in total. The normalized spacial score (nSPS) is 13.3. The number of aromatic nitrogens is 4. The van der Waals surface area contributed by atoms with Crippen LogP contribution in [0.1, 0.15) is 21.1 Å². The molecule has 1 amide bonds. The average molecular weight is 363 g/mol. The Morgan fingerprint density at radius 2 is 2.35 bits per heavy atom. The van der Waals surface area contributed by atoms with Gasteiger partial charge in [-0.25, -0.2) is 0 Å². The average Bonchev–Trinajstić information content (AvgIpc) is 3.42. The van der Waals surface area contributed by atoms with Crippen LogP contribution in [0.4, 0.5) is 11.4 Å². The van der Waals surface area contributed by atoms with Gasteiger partial charge in [0, 0.05) is 24.1 Å². The van der Waals surface area contributed by atoms with Crippen molar-refractivity contribution in [2.75, 3.05) is 16.8 Å². The Morgan fingerprint density at radius 3 is 3.08 bits per heavy atom. The van der Waals surface area contributed by atoms with E-state index in [1.807, 2.05) is 41.8 Å². The number of hydrogen-bond acceptors (Lipinski definition) is 7. The number of allylic oxidation sites excluding steroid dienone is 1. The van der Waals surface area contributed by atoms with Crippen LogP contribution >= 0.6 is 11.3 Å². The second-order valence-electron chi connectivity index (χ2n) is 5.58. The van der Waals surface area contributed by atoms with Crippen LogP contribution in [0.5, 0.6) is 0 Å². The number of nitrogens with zero attached hydrogens (tertiary/aromatic N) is 5. The van der Waals surface area contributed by atoms with E-state index in [4.69, 9.17) is 0 Å². The molecule has 0 atom stereocenters. The molecule has 1 aliphatic heterocycles. The number of rotatable bonds is 4. The smallest absolute Gasteiger partial charge is 0.268 e. The fourth-order valence-electron chi connectivity index (χ4n) is 2.79. The predicted octanol–water partition coefficient (Wildman–Crippen LogP) is 2.44. The molecule has 0 fully saturated rings. The SMILES string of the molecule is N#CC(=CNc1ccc2c(c1)N(C(=O)c1cccs1)CC2)c1nn[nH]n1. The fourth-order valence-corrected chi connectivity index (χ4v) is 3.46. The number of anilines is 2. The third kappa shape index (κ3) is 2.94. The molecule has 0 bridgehead atoms. The Bertz CT molecular complexity index is 1000. The second kappa shape index (κ2) is 6.78. The first-order valence-electron chi connectivity index (χ1n) is 7.85. The van der Waals surface area contributed by atoms with Gasteiger partial charge in [-0.1, -0.05) is 12.1 Å². The molecule has 4 rings (SSSR count). The molecule has 3 heterocycles. The summed E-state index contributed by atoms with van der Waals surface area (Å²) in [6.45, 7) is 0.664. The lowest BCUT2D eigenvalue weighted by Crippen LogP contribution is -2.28. The number of amides is 1. The lowest BCUT2D eigenvalue weighted by Gasteiger charge is -2.17. The number of fused-ring (bicyclic) bond motifs is 1. The van der Waals surface area contributed by atoms with Gasteiger partial charge >= 0.3 is 0 Å². The molecule has 2 N–H and O–H groups in total. The molecule has 0 saturated heterocycles. The number of carbonyl (C=O) groups excluding carboxylic acids is 1. The fraction of sp³-hybridized carbons (Fsp3) is 0.118. The molecule has 9 heteroatoms. The first-order chi connectivity index (χ1) is 12.8. The predicted molar refractivity (Wildman–Crippen MR) is 97.5 cm³/mol. The van der Waals surface area contributed by atoms with Gasteiger partial charge in [-0.2, -0.15) is 10.5 Å². The van der Waals surface area contributed by atoms with E-state index in [0.29, 0.717) is 6.54 Å². The maximum Gasteiger partial charge on any atom is 0.268 e. The molecular formula is C17H13N7OS. The number of tetrazole rings is 1. The van der Waals surface area contributed by atoms with Crippen molar-refractivity contribution in [3.8, 4) is 6.07 Å². The summed E-state index contributed by atoms with van der Waals surface area (Å²) < 4.78 is 0. The van der Waals surface area contributed by atoms with Crippen molar-refractivity contribution in [2.24, 2.45) is 0 Å². The molecular weight excluding hydrogens is 350 g/mol. The van der Waals surface area contributed by atoms with E-state index in [0.717, 1.165) is 28.2 Å². The van der Waals surface area contributed by atoms with E-state index in [2.05, 4.69) is 25.9 Å². The molecule has 0 unspecified atom stereocenters. The largest absolute Gasteiger partial charge is 0.360 e. The molecule has 3 aromatic rings. The number of benzene rings is 1. The lowest BCUT2D eigenvalue weighted by molar-refractivity contribution is 0.0993. The summed E-state index contributed by atoms with van der Waals surface area (Å²) in [4.78, 5) is 15.2. The summed E-state index contributed by atoms with van der Waals surface area (Å²) in [7, 11) is 0. The van der Waals surface area contributed by atoms with Crippen LogP contribution in [-0.4, -0.2) is 33.1 Å². The number of aromatic amines is 1. The third-order valence-electron chi connectivity index (χ3n) is 4.05. The monoisotopic (exact) mass is 363 g/mol. The van der Waals surface area contributed by atoms with Crippen LogP contribution < -0.4 is 10.2 Å². The van der Waals surface area contributed by atoms with E-state index in [9.17, 15) is 10.1 Å². The van der Waals surface area contributed by atoms with Crippen molar-refractivity contribution in [3.63, 3.8) is 0 Å². The molecule has 1 aliphatic rings. The summed E-state index contributed by atoms with van der Waals surface area (Å²) in [6, 6.07) is 11.6. The van der Waals surface area contributed by atoms with Crippen LogP contribution in [0.25, 0.3) is 5.57 Å². The third-order valence-corrected chi connectivity index (χ3v) is 4.91. The number of H-pyrrole nitrogens is 1. The van der Waals surface area contributed by atoms with Gasteiger partial charge in [0.2, 0.25) is 5.82 Å². The van der Waals surface area contributed by atoms with Crippen LogP contribution in [-0.2, 0) is 6.42 Å². The van der Waals surface area contributed by atoms with Gasteiger partial charge in [0.15, 0.2) is 0 Å². The zero-order valence-corrected chi connectivity index (χ0v) is 14.3. The zero-order chi connectivity index (χ0) is 17.9. The van der Waals surface area contributed by atoms with Crippen LogP contribution in [0, 0.1) is 11.3 Å². The van der Waals surface area contributed by atoms with Gasteiger partial charge in [0.25, 0.3) is 5.91 Å². The number of thiophene rings is 1. The minimum Gasteiger partial charge on any atom is -0.360 e. The van der Waals surface area contributed by atoms with Crippen LogP contribution in [0.15, 0.2) is 41.9 Å². The van der Waals surface area contributed by atoms with E-state index in [-0.39, 0.29) is 17.3 Å². The Morgan fingerprint density at radius 1 is 1.42 bits per heavy atom. The number of carbonyl (C=O) groups is 1. The highest BCUT2D eigenvalue weighted by molar-refractivity contribution is 7.12. The van der Waals surface area contributed by atoms with Crippen LogP contribution in [0.2, 0.25) is 0 Å². The highest BCUT2D eigenvalue weighted by Crippen LogP contribution is 2.32. The minimum atomic E-state index is 0.0101. The molecule has 128 valence electrons. The standard InChI is InChI=1S/C17H13N7OS/c18-9-12(16-20-22-23-21-16)10-19-13-4-3-11-5-6-24(14(11)8-13)17(25)15-2-1-7-26-15/h1-4,7-8,10,19H,5-6H2,(H,20,21,22,23). The number of nitriles is 1. The Hall–Kier alpha value is -3.51. The Kier molecular flexibility index (Phi) is 4.17. The van der Waals surface area contributed by atoms with Crippen molar-refractivity contribution >= 4 is 34.2 Å². The summed E-state index contributed by atoms with van der Waals surface area (Å²) >= 11 is 1.44. The number of hydrogen-bond donors (Lipinski definition) is 2. The number of nitrogens with one attached hydrogen (secondary N) is 2. The Balaban J connectivity index is 1.58. The van der Waals surface area contributed by atoms with Gasteiger partial charge in [0.1, 0.15) is 11.6 Å². The highest BCUT2D eigenvalue weighted by atomic mass is 32.1. The molecule has 0 saturated carbocycles. The van der Waals surface area contributed by atoms with Gasteiger partial charge in [-0.05, 0) is 40.8 Å². The summed E-state index contributed by atoms with van der Waals surface area (Å²) in [5.74, 6) is 0.228. The van der Waals surface area contributed by atoms with Crippen molar-refractivity contribution in [2.45, 2.75) is 6.42 Å². The summed E-state index contributed by atoms with van der Waals surface area (Å²) in [5, 5.41) is 27.5. The molecule has 0 radical (unpaired) electrons. The van der Waals surface area contributed by atoms with Gasteiger partial charge in [-0.3, -0.25) is 4.79 Å². The zero-order valence-electron chi connectivity index (χ0n) is 13.5. The van der Waals surface area contributed by atoms with Gasteiger partial charge in [-0.15, -0.1) is 21.5 Å². The molecule has 0 aliphatic carbocycles. The maximum atomic E-state index is 12.7. The minimum absolute atomic E-state index is 0.0101. The van der Waals surface area contributed by atoms with E-state index in [1.165, 1.54) is 17.5 Å². The molecule has 1 aromatic carbocycles. The molecule has 0 spiro atoms. The van der Waals surface area contributed by atoms with Gasteiger partial charge in [0.05, 0.1) is 4.88 Å². The van der Waals surface area contributed by atoms with E-state index >= 15 is 0 Å². The molecule has 26 heavy (non-hydrogen) atoms. The van der Waals surface area contributed by atoms with Gasteiger partial charge < -0.3 is 10.2 Å². The second-order valence-corrected chi connectivity index (χ2v) is 6.52. The van der Waals surface area contributed by atoms with Crippen molar-refractivity contribution in [3.05, 3.63) is 58.2 Å².